The van der Waals surface area contributed by atoms with Crippen molar-refractivity contribution in [3.8, 4) is 5.88 Å². The third-order valence-corrected chi connectivity index (χ3v) is 5.95. The summed E-state index contributed by atoms with van der Waals surface area (Å²) in [5, 5.41) is 12.0. The molecular formula is C22H32N2O4. The Kier molecular flexibility index (Phi) is 6.70. The third kappa shape index (κ3) is 4.90. The van der Waals surface area contributed by atoms with Crippen molar-refractivity contribution in [3.05, 3.63) is 23.4 Å². The van der Waals surface area contributed by atoms with Gasteiger partial charge in [-0.1, -0.05) is 19.9 Å². The van der Waals surface area contributed by atoms with Crippen LogP contribution >= 0.6 is 0 Å². The van der Waals surface area contributed by atoms with E-state index < -0.39 is 5.54 Å². The van der Waals surface area contributed by atoms with Crippen molar-refractivity contribution in [1.29, 1.82) is 0 Å². The molecule has 2 saturated carbocycles. The second-order valence-electron chi connectivity index (χ2n) is 8.11. The number of hydrogen-bond acceptors (Lipinski definition) is 5. The van der Waals surface area contributed by atoms with E-state index in [2.05, 4.69) is 10.3 Å². The van der Waals surface area contributed by atoms with Gasteiger partial charge < -0.3 is 15.2 Å². The van der Waals surface area contributed by atoms with Crippen LogP contribution < -0.4 is 10.1 Å². The minimum Gasteiger partial charge on any atom is -0.477 e. The molecule has 28 heavy (non-hydrogen) atoms. The van der Waals surface area contributed by atoms with Gasteiger partial charge in [0.05, 0.1) is 12.1 Å². The number of carbonyl (C=O) groups excluding carboxylic acids is 2. The van der Waals surface area contributed by atoms with Gasteiger partial charge >= 0.3 is 0 Å². The molecular weight excluding hydrogens is 356 g/mol. The normalized spacial score (nSPS) is 16.7. The summed E-state index contributed by atoms with van der Waals surface area (Å²) in [7, 11) is 0. The van der Waals surface area contributed by atoms with Crippen molar-refractivity contribution in [1.82, 2.24) is 10.3 Å². The highest BCUT2D eigenvalue weighted by Crippen LogP contribution is 2.44. The molecule has 0 radical (unpaired) electrons. The summed E-state index contributed by atoms with van der Waals surface area (Å²) in [6.07, 6.45) is 6.35. The predicted octanol–water partition coefficient (Wildman–Crippen LogP) is 3.38. The molecule has 0 spiro atoms. The molecule has 1 heterocycles. The maximum atomic E-state index is 12.9. The molecule has 1 amide bonds. The van der Waals surface area contributed by atoms with Crippen LogP contribution in [0, 0.1) is 5.92 Å². The van der Waals surface area contributed by atoms with E-state index in [0.29, 0.717) is 43.6 Å². The van der Waals surface area contributed by atoms with Crippen molar-refractivity contribution in [2.24, 2.45) is 5.92 Å². The number of hydrogen-bond donors (Lipinski definition) is 2. The number of aliphatic hydroxyl groups excluding tert-OH is 1. The number of aliphatic hydroxyl groups is 1. The first-order chi connectivity index (χ1) is 13.5. The summed E-state index contributed by atoms with van der Waals surface area (Å²) in [5.41, 5.74) is 0.461. The number of nitrogens with one attached hydrogen (secondary N) is 1. The summed E-state index contributed by atoms with van der Waals surface area (Å²) in [4.78, 5) is 30.1. The van der Waals surface area contributed by atoms with Crippen LogP contribution in [0.4, 0.5) is 0 Å². The summed E-state index contributed by atoms with van der Waals surface area (Å²) in [5.74, 6) is 1.29. The molecule has 0 bridgehead atoms. The first-order valence-corrected chi connectivity index (χ1v) is 10.6. The molecule has 3 rings (SSSR count). The first kappa shape index (κ1) is 20.8. The zero-order chi connectivity index (χ0) is 20.1. The lowest BCUT2D eigenvalue weighted by atomic mass is 9.85. The van der Waals surface area contributed by atoms with E-state index in [1.54, 1.807) is 6.07 Å². The van der Waals surface area contributed by atoms with Crippen molar-refractivity contribution in [2.75, 3.05) is 13.2 Å². The zero-order valence-electron chi connectivity index (χ0n) is 17.0. The average Bonchev–Trinajstić information content (AvgIpc) is 3.62. The summed E-state index contributed by atoms with van der Waals surface area (Å²) in [6, 6.07) is 3.69. The fourth-order valence-corrected chi connectivity index (χ4v) is 3.53. The van der Waals surface area contributed by atoms with Crippen LogP contribution in [0.1, 0.15) is 87.2 Å². The Morgan fingerprint density at radius 1 is 1.21 bits per heavy atom. The van der Waals surface area contributed by atoms with Crippen LogP contribution in [0.5, 0.6) is 5.88 Å². The predicted molar refractivity (Wildman–Crippen MR) is 107 cm³/mol. The van der Waals surface area contributed by atoms with Gasteiger partial charge in [-0.2, -0.15) is 0 Å². The lowest BCUT2D eigenvalue weighted by Crippen LogP contribution is -2.54. The topological polar surface area (TPSA) is 88.5 Å². The highest BCUT2D eigenvalue weighted by Gasteiger charge is 2.36. The van der Waals surface area contributed by atoms with Crippen molar-refractivity contribution in [2.45, 2.75) is 76.7 Å². The fourth-order valence-electron chi connectivity index (χ4n) is 3.53. The number of Topliss-reactive ketones (excluding diaryl/α,β-unsaturated/α-hetero) is 1. The monoisotopic (exact) mass is 388 g/mol. The lowest BCUT2D eigenvalue weighted by Gasteiger charge is -2.31. The Hall–Kier alpha value is -1.95. The Bertz CT molecular complexity index is 706. The van der Waals surface area contributed by atoms with Gasteiger partial charge in [0.15, 0.2) is 5.78 Å². The molecule has 6 nitrogen and oxygen atoms in total. The Labute approximate surface area is 167 Å². The van der Waals surface area contributed by atoms with Gasteiger partial charge in [-0.3, -0.25) is 9.59 Å². The van der Waals surface area contributed by atoms with Gasteiger partial charge in [-0.15, -0.1) is 0 Å². The zero-order valence-corrected chi connectivity index (χ0v) is 17.0. The number of rotatable bonds is 12. The van der Waals surface area contributed by atoms with E-state index in [0.717, 1.165) is 18.4 Å². The Morgan fingerprint density at radius 3 is 2.50 bits per heavy atom. The Balaban J connectivity index is 1.75. The summed E-state index contributed by atoms with van der Waals surface area (Å²) >= 11 is 0. The number of nitrogens with zero attached hydrogens (tertiary/aromatic N) is 1. The number of pyridine rings is 1. The number of ketones is 1. The molecule has 2 aliphatic carbocycles. The van der Waals surface area contributed by atoms with E-state index in [4.69, 9.17) is 9.84 Å². The lowest BCUT2D eigenvalue weighted by molar-refractivity contribution is -0.125. The van der Waals surface area contributed by atoms with E-state index in [1.165, 1.54) is 12.8 Å². The van der Waals surface area contributed by atoms with Crippen LogP contribution in [-0.2, 0) is 4.79 Å². The Morgan fingerprint density at radius 2 is 1.93 bits per heavy atom. The number of aromatic nitrogens is 1. The highest BCUT2D eigenvalue weighted by atomic mass is 16.5. The van der Waals surface area contributed by atoms with Crippen molar-refractivity contribution < 1.29 is 19.4 Å². The SMILES string of the molecule is CCC(CC)(NC(=O)c1ccc(C2CC2)c(OCC2CC2)n1)C(=O)CCCO. The molecule has 0 aliphatic heterocycles. The second-order valence-corrected chi connectivity index (χ2v) is 8.11. The van der Waals surface area contributed by atoms with E-state index in [9.17, 15) is 9.59 Å². The number of carbonyl (C=O) groups is 2. The smallest absolute Gasteiger partial charge is 0.270 e. The first-order valence-electron chi connectivity index (χ1n) is 10.6. The molecule has 0 aromatic carbocycles. The van der Waals surface area contributed by atoms with E-state index in [-0.39, 0.29) is 30.4 Å². The van der Waals surface area contributed by atoms with Crippen LogP contribution in [0.3, 0.4) is 0 Å². The van der Waals surface area contributed by atoms with Gasteiger partial charge in [-0.05, 0) is 62.8 Å². The third-order valence-electron chi connectivity index (χ3n) is 5.95. The summed E-state index contributed by atoms with van der Waals surface area (Å²) < 4.78 is 5.95. The minimum atomic E-state index is -0.919. The molecule has 0 atom stereocenters. The van der Waals surface area contributed by atoms with E-state index >= 15 is 0 Å². The van der Waals surface area contributed by atoms with Crippen molar-refractivity contribution in [3.63, 3.8) is 0 Å². The van der Waals surface area contributed by atoms with Crippen LogP contribution in [-0.4, -0.2) is 40.5 Å². The van der Waals surface area contributed by atoms with Gasteiger partial charge in [0, 0.05) is 18.6 Å². The van der Waals surface area contributed by atoms with E-state index in [1.807, 2.05) is 19.9 Å². The van der Waals surface area contributed by atoms with Gasteiger partial charge in [-0.25, -0.2) is 4.98 Å². The van der Waals surface area contributed by atoms with Gasteiger partial charge in [0.25, 0.3) is 5.91 Å². The quantitative estimate of drug-likeness (QED) is 0.573. The molecule has 1 aromatic rings. The fraction of sp³-hybridized carbons (Fsp3) is 0.682. The van der Waals surface area contributed by atoms with Crippen molar-refractivity contribution >= 4 is 11.7 Å². The minimum absolute atomic E-state index is 0.0327. The van der Waals surface area contributed by atoms with Crippen LogP contribution in [0.2, 0.25) is 0 Å². The maximum Gasteiger partial charge on any atom is 0.270 e. The highest BCUT2D eigenvalue weighted by molar-refractivity contribution is 5.98. The molecule has 6 heteroatoms. The number of ether oxygens (including phenoxy) is 1. The largest absolute Gasteiger partial charge is 0.477 e. The molecule has 154 valence electrons. The van der Waals surface area contributed by atoms with Gasteiger partial charge in [0.2, 0.25) is 5.88 Å². The molecule has 2 fully saturated rings. The molecule has 2 aliphatic rings. The maximum absolute atomic E-state index is 12.9. The van der Waals surface area contributed by atoms with Crippen LogP contribution in [0.25, 0.3) is 0 Å². The standard InChI is InChI=1S/C22H32N2O4/c1-3-22(4-2,19(26)6-5-13-25)24-20(27)18-12-11-17(16-9-10-16)21(23-18)28-14-15-7-8-15/h11-12,15-16,25H,3-10,13-14H2,1-2H3,(H,24,27). The second kappa shape index (κ2) is 9.03. The molecule has 0 unspecified atom stereocenters. The molecule has 0 saturated heterocycles. The van der Waals surface area contributed by atoms with Gasteiger partial charge in [0.1, 0.15) is 5.69 Å². The summed E-state index contributed by atoms with van der Waals surface area (Å²) in [6.45, 7) is 4.42. The molecule has 1 aromatic heterocycles. The average molecular weight is 389 g/mol. The van der Waals surface area contributed by atoms with Crippen LogP contribution in [0.15, 0.2) is 12.1 Å². The molecule has 2 N–H and O–H groups in total. The number of amides is 1.